The fourth-order valence-corrected chi connectivity index (χ4v) is 3.55. The number of aromatic amines is 1. The van der Waals surface area contributed by atoms with Gasteiger partial charge in [-0.25, -0.2) is 4.98 Å². The van der Waals surface area contributed by atoms with Gasteiger partial charge < -0.3 is 4.98 Å². The molecule has 23 heavy (non-hydrogen) atoms. The van der Waals surface area contributed by atoms with Crippen molar-refractivity contribution in [2.45, 2.75) is 46.2 Å². The first-order chi connectivity index (χ1) is 10.9. The zero-order valence-corrected chi connectivity index (χ0v) is 15.4. The number of aromatic nitrogens is 2. The standard InChI is InChI=1S/C18H22BrN3O/c1-11(2)17-20-16-6-7-22(10-14(16)18(23)21-17)9-13-5-4-12(3)8-15(13)19/h4-5,8,11H,6-7,9-10H2,1-3H3,(H,20,21,23). The van der Waals surface area contributed by atoms with Gasteiger partial charge in [-0.1, -0.05) is 41.9 Å². The summed E-state index contributed by atoms with van der Waals surface area (Å²) in [4.78, 5) is 22.3. The molecule has 0 atom stereocenters. The van der Waals surface area contributed by atoms with E-state index < -0.39 is 0 Å². The quantitative estimate of drug-likeness (QED) is 0.892. The number of halogens is 1. The molecule has 0 spiro atoms. The summed E-state index contributed by atoms with van der Waals surface area (Å²) >= 11 is 3.64. The molecule has 0 aliphatic carbocycles. The molecule has 2 heterocycles. The molecule has 3 rings (SSSR count). The monoisotopic (exact) mass is 375 g/mol. The minimum atomic E-state index is 0.0198. The van der Waals surface area contributed by atoms with Crippen LogP contribution in [0.3, 0.4) is 0 Å². The Kier molecular flexibility index (Phi) is 4.69. The van der Waals surface area contributed by atoms with Gasteiger partial charge in [0.1, 0.15) is 5.82 Å². The Labute approximate surface area is 145 Å². The summed E-state index contributed by atoms with van der Waals surface area (Å²) in [7, 11) is 0. The first-order valence-electron chi connectivity index (χ1n) is 8.03. The molecule has 4 nitrogen and oxygen atoms in total. The first-order valence-corrected chi connectivity index (χ1v) is 8.82. The second kappa shape index (κ2) is 6.57. The van der Waals surface area contributed by atoms with E-state index in [9.17, 15) is 4.79 Å². The molecule has 0 radical (unpaired) electrons. The molecule has 1 aromatic heterocycles. The second-order valence-corrected chi connectivity index (χ2v) is 7.44. The first kappa shape index (κ1) is 16.4. The Balaban J connectivity index is 1.82. The van der Waals surface area contributed by atoms with Crippen LogP contribution < -0.4 is 5.56 Å². The Bertz CT molecular complexity index is 782. The van der Waals surface area contributed by atoms with Crippen LogP contribution in [-0.4, -0.2) is 21.4 Å². The highest BCUT2D eigenvalue weighted by Crippen LogP contribution is 2.23. The third-order valence-electron chi connectivity index (χ3n) is 4.32. The van der Waals surface area contributed by atoms with E-state index in [0.717, 1.165) is 41.1 Å². The van der Waals surface area contributed by atoms with Crippen LogP contribution >= 0.6 is 15.9 Å². The number of hydrogen-bond acceptors (Lipinski definition) is 3. The number of fused-ring (bicyclic) bond motifs is 1. The predicted molar refractivity (Wildman–Crippen MR) is 95.6 cm³/mol. The molecule has 1 N–H and O–H groups in total. The lowest BCUT2D eigenvalue weighted by Crippen LogP contribution is -2.36. The van der Waals surface area contributed by atoms with E-state index >= 15 is 0 Å². The van der Waals surface area contributed by atoms with Gasteiger partial charge in [-0.2, -0.15) is 0 Å². The van der Waals surface area contributed by atoms with Crippen LogP contribution in [0.1, 0.15) is 48.0 Å². The summed E-state index contributed by atoms with van der Waals surface area (Å²) in [5.41, 5.74) is 4.31. The Morgan fingerprint density at radius 3 is 2.87 bits per heavy atom. The topological polar surface area (TPSA) is 49.0 Å². The van der Waals surface area contributed by atoms with Crippen molar-refractivity contribution >= 4 is 15.9 Å². The van der Waals surface area contributed by atoms with Crippen molar-refractivity contribution < 1.29 is 0 Å². The molecule has 0 saturated heterocycles. The van der Waals surface area contributed by atoms with Crippen molar-refractivity contribution in [3.05, 3.63) is 61.2 Å². The van der Waals surface area contributed by atoms with Crippen LogP contribution in [0, 0.1) is 6.92 Å². The highest BCUT2D eigenvalue weighted by molar-refractivity contribution is 9.10. The van der Waals surface area contributed by atoms with Crippen molar-refractivity contribution in [1.29, 1.82) is 0 Å². The van der Waals surface area contributed by atoms with E-state index in [0.29, 0.717) is 6.54 Å². The molecule has 0 unspecified atom stereocenters. The molecule has 0 fully saturated rings. The van der Waals surface area contributed by atoms with E-state index in [4.69, 9.17) is 0 Å². The largest absolute Gasteiger partial charge is 0.310 e. The van der Waals surface area contributed by atoms with E-state index in [1.807, 2.05) is 0 Å². The average Bonchev–Trinajstić information content (AvgIpc) is 2.50. The van der Waals surface area contributed by atoms with Gasteiger partial charge in [0.05, 0.1) is 11.3 Å². The number of H-pyrrole nitrogens is 1. The summed E-state index contributed by atoms with van der Waals surface area (Å²) < 4.78 is 1.13. The summed E-state index contributed by atoms with van der Waals surface area (Å²) in [6.07, 6.45) is 0.836. The van der Waals surface area contributed by atoms with Crippen molar-refractivity contribution in [3.8, 4) is 0 Å². The van der Waals surface area contributed by atoms with E-state index in [2.05, 4.69) is 69.8 Å². The van der Waals surface area contributed by atoms with Gasteiger partial charge in [0.15, 0.2) is 0 Å². The SMILES string of the molecule is Cc1ccc(CN2CCc3nc(C(C)C)[nH]c(=O)c3C2)c(Br)c1. The number of nitrogens with zero attached hydrogens (tertiary/aromatic N) is 2. The lowest BCUT2D eigenvalue weighted by molar-refractivity contribution is 0.241. The third-order valence-corrected chi connectivity index (χ3v) is 5.05. The lowest BCUT2D eigenvalue weighted by Gasteiger charge is -2.28. The molecule has 0 bridgehead atoms. The Morgan fingerprint density at radius 1 is 1.39 bits per heavy atom. The number of nitrogens with one attached hydrogen (secondary N) is 1. The van der Waals surface area contributed by atoms with Crippen LogP contribution in [-0.2, 0) is 19.5 Å². The van der Waals surface area contributed by atoms with Crippen molar-refractivity contribution in [1.82, 2.24) is 14.9 Å². The smallest absolute Gasteiger partial charge is 0.255 e. The maximum atomic E-state index is 12.4. The van der Waals surface area contributed by atoms with Gasteiger partial charge >= 0.3 is 0 Å². The van der Waals surface area contributed by atoms with Crippen molar-refractivity contribution in [2.75, 3.05) is 6.54 Å². The molecule has 0 saturated carbocycles. The minimum absolute atomic E-state index is 0.0198. The van der Waals surface area contributed by atoms with Crippen LogP contribution in [0.2, 0.25) is 0 Å². The maximum Gasteiger partial charge on any atom is 0.255 e. The predicted octanol–water partition coefficient (Wildman–Crippen LogP) is 3.52. The molecule has 2 aromatic rings. The second-order valence-electron chi connectivity index (χ2n) is 6.59. The van der Waals surface area contributed by atoms with Gasteiger partial charge in [0, 0.05) is 36.4 Å². The molecular formula is C18H22BrN3O. The van der Waals surface area contributed by atoms with Gasteiger partial charge in [-0.3, -0.25) is 9.69 Å². The highest BCUT2D eigenvalue weighted by Gasteiger charge is 2.22. The molecule has 1 aromatic carbocycles. The number of hydrogen-bond donors (Lipinski definition) is 1. The average molecular weight is 376 g/mol. The van der Waals surface area contributed by atoms with E-state index in [1.165, 1.54) is 11.1 Å². The van der Waals surface area contributed by atoms with Crippen molar-refractivity contribution in [3.63, 3.8) is 0 Å². The van der Waals surface area contributed by atoms with Crippen molar-refractivity contribution in [2.24, 2.45) is 0 Å². The summed E-state index contributed by atoms with van der Waals surface area (Å²) in [6, 6.07) is 6.41. The zero-order chi connectivity index (χ0) is 16.6. The van der Waals surface area contributed by atoms with Crippen LogP contribution in [0.25, 0.3) is 0 Å². The number of rotatable bonds is 3. The number of benzene rings is 1. The third kappa shape index (κ3) is 3.56. The Hall–Kier alpha value is -1.46. The Morgan fingerprint density at radius 2 is 2.17 bits per heavy atom. The van der Waals surface area contributed by atoms with Gasteiger partial charge in [-0.15, -0.1) is 0 Å². The molecule has 0 amide bonds. The van der Waals surface area contributed by atoms with Gasteiger partial charge in [-0.05, 0) is 24.1 Å². The minimum Gasteiger partial charge on any atom is -0.310 e. The lowest BCUT2D eigenvalue weighted by atomic mass is 10.0. The van der Waals surface area contributed by atoms with Crippen LogP contribution in [0.5, 0.6) is 0 Å². The van der Waals surface area contributed by atoms with Gasteiger partial charge in [0.25, 0.3) is 5.56 Å². The zero-order valence-electron chi connectivity index (χ0n) is 13.8. The molecule has 5 heteroatoms. The fraction of sp³-hybridized carbons (Fsp3) is 0.444. The maximum absolute atomic E-state index is 12.4. The summed E-state index contributed by atoms with van der Waals surface area (Å²) in [5.74, 6) is 1.04. The molecular weight excluding hydrogens is 354 g/mol. The highest BCUT2D eigenvalue weighted by atomic mass is 79.9. The van der Waals surface area contributed by atoms with E-state index in [-0.39, 0.29) is 11.5 Å². The molecule has 1 aliphatic heterocycles. The number of aryl methyl sites for hydroxylation is 1. The fourth-order valence-electron chi connectivity index (χ4n) is 2.93. The van der Waals surface area contributed by atoms with Crippen LogP contribution in [0.4, 0.5) is 0 Å². The van der Waals surface area contributed by atoms with Gasteiger partial charge in [0.2, 0.25) is 0 Å². The summed E-state index contributed by atoms with van der Waals surface area (Å²) in [5, 5.41) is 0. The van der Waals surface area contributed by atoms with E-state index in [1.54, 1.807) is 0 Å². The molecule has 1 aliphatic rings. The molecule has 122 valence electrons. The normalized spacial score (nSPS) is 15.0. The van der Waals surface area contributed by atoms with Crippen LogP contribution in [0.15, 0.2) is 27.5 Å². The summed E-state index contributed by atoms with van der Waals surface area (Å²) in [6.45, 7) is 8.62.